The molecule has 150 valence electrons. The Bertz CT molecular complexity index is 522. The van der Waals surface area contributed by atoms with Crippen LogP contribution in [0.4, 0.5) is 0 Å². The number of amides is 2. The first kappa shape index (κ1) is 22.6. The van der Waals surface area contributed by atoms with Gasteiger partial charge in [-0.15, -0.1) is 0 Å². The van der Waals surface area contributed by atoms with Crippen LogP contribution >= 0.6 is 11.8 Å². The van der Waals surface area contributed by atoms with Crippen LogP contribution in [0, 0.1) is 0 Å². The monoisotopic (exact) mass is 395 g/mol. The van der Waals surface area contributed by atoms with Crippen molar-refractivity contribution in [2.24, 2.45) is 0 Å². The van der Waals surface area contributed by atoms with Gasteiger partial charge in [0, 0.05) is 5.75 Å². The van der Waals surface area contributed by atoms with E-state index in [4.69, 9.17) is 9.84 Å². The van der Waals surface area contributed by atoms with E-state index in [1.54, 1.807) is 6.26 Å². The zero-order valence-corrected chi connectivity index (χ0v) is 15.4. The predicted molar refractivity (Wildman–Crippen MR) is 91.3 cm³/mol. The van der Waals surface area contributed by atoms with E-state index in [1.165, 1.54) is 25.7 Å². The van der Waals surface area contributed by atoms with E-state index in [9.17, 15) is 29.7 Å². The number of carboxylic acid groups (broad SMARTS) is 1. The molecule has 12 heteroatoms. The molecule has 1 aliphatic rings. The molecule has 1 heterocycles. The summed E-state index contributed by atoms with van der Waals surface area (Å²) in [6, 6.07) is -3.45. The molecule has 1 rings (SSSR count). The molecular weight excluding hydrogens is 370 g/mol. The number of hydrogen-bond acceptors (Lipinski definition) is 9. The standard InChI is InChI=1S/C14H25N3O8S/c1-5(15-2)11(20)17-7(10-8(18)9(19)14(24)25-10)12(21)16-6(4-26-3)13(22)23/h5-10,14-15,18-19,24H,4H2,1-3H3,(H,16,21)(H,17,20)(H,22,23)/t5-,6-,7?,8?,9?,10?,14?/m0/s1. The van der Waals surface area contributed by atoms with Crippen molar-refractivity contribution >= 4 is 29.5 Å². The van der Waals surface area contributed by atoms with Gasteiger partial charge in [0.25, 0.3) is 0 Å². The maximum absolute atomic E-state index is 12.6. The van der Waals surface area contributed by atoms with Crippen LogP contribution in [0.5, 0.6) is 0 Å². The Morgan fingerprint density at radius 2 is 1.73 bits per heavy atom. The number of carbonyl (C=O) groups excluding carboxylic acids is 2. The molecule has 7 atom stereocenters. The van der Waals surface area contributed by atoms with Crippen LogP contribution in [0.25, 0.3) is 0 Å². The highest BCUT2D eigenvalue weighted by Crippen LogP contribution is 2.22. The number of aliphatic hydroxyl groups excluding tert-OH is 3. The lowest BCUT2D eigenvalue weighted by atomic mass is 10.0. The summed E-state index contributed by atoms with van der Waals surface area (Å²) in [5, 5.41) is 45.6. The van der Waals surface area contributed by atoms with Crippen LogP contribution in [0.15, 0.2) is 0 Å². The van der Waals surface area contributed by atoms with E-state index in [0.717, 1.165) is 0 Å². The van der Waals surface area contributed by atoms with E-state index in [1.807, 2.05) is 0 Å². The van der Waals surface area contributed by atoms with Crippen LogP contribution in [-0.2, 0) is 19.1 Å². The molecule has 0 aromatic heterocycles. The number of ether oxygens (including phenoxy) is 1. The SMILES string of the molecule is CN[C@@H](C)C(=O)NC(C(=O)N[C@@H](CSC)C(=O)O)C1OC(O)C(O)C1O. The molecule has 5 unspecified atom stereocenters. The minimum atomic E-state index is -1.75. The molecule has 0 aromatic rings. The fourth-order valence-corrected chi connectivity index (χ4v) is 2.83. The number of thioether (sulfide) groups is 1. The summed E-state index contributed by atoms with van der Waals surface area (Å²) in [6.45, 7) is 1.52. The summed E-state index contributed by atoms with van der Waals surface area (Å²) in [7, 11) is 1.52. The minimum absolute atomic E-state index is 0.0774. The third kappa shape index (κ3) is 5.53. The maximum atomic E-state index is 12.6. The zero-order valence-electron chi connectivity index (χ0n) is 14.6. The first-order valence-electron chi connectivity index (χ1n) is 7.83. The van der Waals surface area contributed by atoms with Gasteiger partial charge in [-0.2, -0.15) is 11.8 Å². The van der Waals surface area contributed by atoms with Crippen molar-refractivity contribution in [3.8, 4) is 0 Å². The van der Waals surface area contributed by atoms with Crippen LogP contribution in [-0.4, -0.2) is 100.0 Å². The van der Waals surface area contributed by atoms with E-state index >= 15 is 0 Å². The summed E-state index contributed by atoms with van der Waals surface area (Å²) in [6.07, 6.45) is -4.88. The number of carboxylic acids is 1. The van der Waals surface area contributed by atoms with Gasteiger partial charge in [0.05, 0.1) is 6.04 Å². The van der Waals surface area contributed by atoms with Crippen LogP contribution in [0.2, 0.25) is 0 Å². The molecule has 26 heavy (non-hydrogen) atoms. The van der Waals surface area contributed by atoms with Crippen molar-refractivity contribution < 1.29 is 39.5 Å². The summed E-state index contributed by atoms with van der Waals surface area (Å²) in [5.74, 6) is -2.73. The van der Waals surface area contributed by atoms with Crippen LogP contribution < -0.4 is 16.0 Å². The molecule has 0 bridgehead atoms. The van der Waals surface area contributed by atoms with Gasteiger partial charge < -0.3 is 41.1 Å². The number of likely N-dealkylation sites (N-methyl/N-ethyl adjacent to an activating group) is 1. The lowest BCUT2D eigenvalue weighted by Gasteiger charge is -2.28. The van der Waals surface area contributed by atoms with Gasteiger partial charge in [0.1, 0.15) is 30.4 Å². The minimum Gasteiger partial charge on any atom is -0.480 e. The smallest absolute Gasteiger partial charge is 0.327 e. The number of aliphatic hydroxyl groups is 3. The third-order valence-electron chi connectivity index (χ3n) is 3.96. The van der Waals surface area contributed by atoms with E-state index < -0.39 is 60.5 Å². The Balaban J connectivity index is 3.01. The Labute approximate surface area is 154 Å². The topological polar surface area (TPSA) is 177 Å². The van der Waals surface area contributed by atoms with Gasteiger partial charge in [-0.3, -0.25) is 9.59 Å². The maximum Gasteiger partial charge on any atom is 0.327 e. The molecular formula is C14H25N3O8S. The second kappa shape index (κ2) is 10.0. The van der Waals surface area contributed by atoms with Crippen LogP contribution in [0.1, 0.15) is 6.92 Å². The molecule has 2 amide bonds. The van der Waals surface area contributed by atoms with Crippen LogP contribution in [0.3, 0.4) is 0 Å². The molecule has 0 spiro atoms. The van der Waals surface area contributed by atoms with Crippen molar-refractivity contribution in [2.75, 3.05) is 19.1 Å². The van der Waals surface area contributed by atoms with E-state index in [2.05, 4.69) is 16.0 Å². The fraction of sp³-hybridized carbons (Fsp3) is 0.786. The lowest BCUT2D eigenvalue weighted by Crippen LogP contribution is -2.61. The summed E-state index contributed by atoms with van der Waals surface area (Å²) in [5.41, 5.74) is 0. The highest BCUT2D eigenvalue weighted by Gasteiger charge is 2.49. The zero-order chi connectivity index (χ0) is 20.0. The fourth-order valence-electron chi connectivity index (χ4n) is 2.27. The largest absolute Gasteiger partial charge is 0.480 e. The molecule has 11 nitrogen and oxygen atoms in total. The normalized spacial score (nSPS) is 28.8. The van der Waals surface area contributed by atoms with Gasteiger partial charge in [0.2, 0.25) is 11.8 Å². The van der Waals surface area contributed by atoms with Crippen molar-refractivity contribution in [1.29, 1.82) is 0 Å². The number of carbonyl (C=O) groups is 3. The first-order chi connectivity index (χ1) is 12.1. The quantitative estimate of drug-likeness (QED) is 0.207. The molecule has 0 aliphatic carbocycles. The summed E-state index contributed by atoms with van der Waals surface area (Å²) in [4.78, 5) is 35.9. The molecule has 1 saturated heterocycles. The average Bonchev–Trinajstić information content (AvgIpc) is 2.85. The number of hydrogen-bond donors (Lipinski definition) is 7. The third-order valence-corrected chi connectivity index (χ3v) is 4.62. The van der Waals surface area contributed by atoms with Gasteiger partial charge in [-0.25, -0.2) is 4.79 Å². The summed E-state index contributed by atoms with van der Waals surface area (Å²) >= 11 is 1.19. The highest BCUT2D eigenvalue weighted by atomic mass is 32.2. The Morgan fingerprint density at radius 3 is 2.15 bits per heavy atom. The summed E-state index contributed by atoms with van der Waals surface area (Å²) < 4.78 is 4.99. The second-order valence-electron chi connectivity index (χ2n) is 5.82. The van der Waals surface area contributed by atoms with Crippen molar-refractivity contribution in [2.45, 2.75) is 49.7 Å². The van der Waals surface area contributed by atoms with E-state index in [-0.39, 0.29) is 5.75 Å². The average molecular weight is 395 g/mol. The van der Waals surface area contributed by atoms with Gasteiger partial charge >= 0.3 is 5.97 Å². The van der Waals surface area contributed by atoms with Crippen molar-refractivity contribution in [3.63, 3.8) is 0 Å². The van der Waals surface area contributed by atoms with Crippen molar-refractivity contribution in [1.82, 2.24) is 16.0 Å². The Kier molecular flexibility index (Phi) is 8.73. The van der Waals surface area contributed by atoms with Gasteiger partial charge in [0.15, 0.2) is 6.29 Å². The second-order valence-corrected chi connectivity index (χ2v) is 6.73. The molecule has 0 radical (unpaired) electrons. The molecule has 1 fully saturated rings. The van der Waals surface area contributed by atoms with Crippen molar-refractivity contribution in [3.05, 3.63) is 0 Å². The molecule has 7 N–H and O–H groups in total. The highest BCUT2D eigenvalue weighted by molar-refractivity contribution is 7.98. The van der Waals surface area contributed by atoms with Gasteiger partial charge in [-0.1, -0.05) is 0 Å². The first-order valence-corrected chi connectivity index (χ1v) is 9.22. The molecule has 0 saturated carbocycles. The number of rotatable bonds is 9. The predicted octanol–water partition coefficient (Wildman–Crippen LogP) is -3.55. The Hall–Kier alpha value is -1.44. The lowest BCUT2D eigenvalue weighted by molar-refractivity contribution is -0.149. The molecule has 1 aliphatic heterocycles. The Morgan fingerprint density at radius 1 is 1.12 bits per heavy atom. The number of nitrogens with one attached hydrogen (secondary N) is 3. The molecule has 0 aromatic carbocycles. The number of aliphatic carboxylic acids is 1. The van der Waals surface area contributed by atoms with Gasteiger partial charge in [-0.05, 0) is 20.2 Å². The van der Waals surface area contributed by atoms with E-state index in [0.29, 0.717) is 0 Å².